The van der Waals surface area contributed by atoms with Crippen molar-refractivity contribution in [2.75, 3.05) is 7.11 Å². The first-order valence-corrected chi connectivity index (χ1v) is 7.80. The van der Waals surface area contributed by atoms with E-state index in [1.54, 1.807) is 24.9 Å². The van der Waals surface area contributed by atoms with Crippen LogP contribution in [-0.4, -0.2) is 18.2 Å². The van der Waals surface area contributed by atoms with E-state index < -0.39 is 5.97 Å². The van der Waals surface area contributed by atoms with Crippen LogP contribution in [0.15, 0.2) is 52.3 Å². The molecule has 0 atom stereocenters. The first-order chi connectivity index (χ1) is 9.58. The van der Waals surface area contributed by atoms with Gasteiger partial charge in [0.05, 0.1) is 13.5 Å². The molecule has 3 nitrogen and oxygen atoms in total. The van der Waals surface area contributed by atoms with Crippen LogP contribution < -0.4 is 4.74 Å². The highest BCUT2D eigenvalue weighted by Crippen LogP contribution is 2.33. The van der Waals surface area contributed by atoms with Crippen molar-refractivity contribution < 1.29 is 14.6 Å². The largest absolute Gasteiger partial charge is 0.497 e. The average molecular weight is 400 g/mol. The first kappa shape index (κ1) is 15.2. The van der Waals surface area contributed by atoms with Crippen molar-refractivity contribution in [3.8, 4) is 5.75 Å². The molecule has 0 aromatic heterocycles. The maximum absolute atomic E-state index is 11.0. The van der Waals surface area contributed by atoms with Gasteiger partial charge >= 0.3 is 5.97 Å². The SMILES string of the molecule is COc1ccc(Sc2ccc(I)cc2)c(CC(=O)O)c1. The Bertz CT molecular complexity index is 611. The standard InChI is InChI=1S/C15H13IO3S/c1-19-12-4-7-14(10(8-12)9-15(17)18)20-13-5-2-11(16)3-6-13/h2-8H,9H2,1H3,(H,17,18). The lowest BCUT2D eigenvalue weighted by Gasteiger charge is -2.10. The summed E-state index contributed by atoms with van der Waals surface area (Å²) in [6.07, 6.45) is -0.0100. The molecule has 5 heteroatoms. The van der Waals surface area contributed by atoms with Crippen LogP contribution in [0.5, 0.6) is 5.75 Å². The summed E-state index contributed by atoms with van der Waals surface area (Å²) in [5.74, 6) is -0.170. The van der Waals surface area contributed by atoms with Gasteiger partial charge in [0.15, 0.2) is 0 Å². The lowest BCUT2D eigenvalue weighted by molar-refractivity contribution is -0.136. The Morgan fingerprint density at radius 3 is 2.55 bits per heavy atom. The van der Waals surface area contributed by atoms with Gasteiger partial charge in [-0.15, -0.1) is 0 Å². The highest BCUT2D eigenvalue weighted by molar-refractivity contribution is 14.1. The molecule has 20 heavy (non-hydrogen) atoms. The smallest absolute Gasteiger partial charge is 0.307 e. The molecule has 104 valence electrons. The number of halogens is 1. The normalized spacial score (nSPS) is 10.3. The van der Waals surface area contributed by atoms with Crippen LogP contribution in [0.25, 0.3) is 0 Å². The molecule has 2 aromatic rings. The Kier molecular flexibility index (Phi) is 5.31. The number of ether oxygens (including phenoxy) is 1. The Labute approximate surface area is 135 Å². The fraction of sp³-hybridized carbons (Fsp3) is 0.133. The van der Waals surface area contributed by atoms with Crippen molar-refractivity contribution in [1.82, 2.24) is 0 Å². The quantitative estimate of drug-likeness (QED) is 0.769. The molecule has 0 spiro atoms. The Morgan fingerprint density at radius 1 is 1.25 bits per heavy atom. The average Bonchev–Trinajstić information content (AvgIpc) is 2.42. The topological polar surface area (TPSA) is 46.5 Å². The van der Waals surface area contributed by atoms with Gasteiger partial charge in [0, 0.05) is 13.4 Å². The maximum Gasteiger partial charge on any atom is 0.307 e. The summed E-state index contributed by atoms with van der Waals surface area (Å²) in [7, 11) is 1.58. The number of rotatable bonds is 5. The van der Waals surface area contributed by atoms with Crippen LogP contribution in [0.3, 0.4) is 0 Å². The third kappa shape index (κ3) is 4.14. The molecule has 0 saturated heterocycles. The number of hydrogen-bond donors (Lipinski definition) is 1. The minimum atomic E-state index is -0.845. The van der Waals surface area contributed by atoms with Crippen molar-refractivity contribution in [3.05, 3.63) is 51.6 Å². The molecule has 0 aliphatic carbocycles. The third-order valence-electron chi connectivity index (χ3n) is 2.65. The number of carboxylic acids is 1. The van der Waals surface area contributed by atoms with E-state index in [-0.39, 0.29) is 6.42 Å². The van der Waals surface area contributed by atoms with E-state index in [0.29, 0.717) is 5.75 Å². The molecule has 2 aromatic carbocycles. The van der Waals surface area contributed by atoms with Crippen molar-refractivity contribution in [2.45, 2.75) is 16.2 Å². The molecule has 1 N–H and O–H groups in total. The number of carbonyl (C=O) groups is 1. The maximum atomic E-state index is 11.0. The lowest BCUT2D eigenvalue weighted by atomic mass is 10.1. The van der Waals surface area contributed by atoms with Gasteiger partial charge in [-0.25, -0.2) is 0 Å². The summed E-state index contributed by atoms with van der Waals surface area (Å²) in [6, 6.07) is 13.7. The van der Waals surface area contributed by atoms with Gasteiger partial charge in [0.25, 0.3) is 0 Å². The predicted molar refractivity (Wildman–Crippen MR) is 87.6 cm³/mol. The fourth-order valence-electron chi connectivity index (χ4n) is 1.71. The minimum absolute atomic E-state index is 0.0100. The van der Waals surface area contributed by atoms with Crippen LogP contribution in [0.1, 0.15) is 5.56 Å². The number of hydrogen-bond acceptors (Lipinski definition) is 3. The number of methoxy groups -OCH3 is 1. The minimum Gasteiger partial charge on any atom is -0.497 e. The Morgan fingerprint density at radius 2 is 1.95 bits per heavy atom. The second-order valence-corrected chi connectivity index (χ2v) is 6.46. The van der Waals surface area contributed by atoms with Gasteiger partial charge in [0.1, 0.15) is 5.75 Å². The fourth-order valence-corrected chi connectivity index (χ4v) is 3.00. The number of carboxylic acid groups (broad SMARTS) is 1. The molecule has 0 aliphatic rings. The van der Waals surface area contributed by atoms with Crippen molar-refractivity contribution >= 4 is 40.3 Å². The molecule has 0 radical (unpaired) electrons. The van der Waals surface area contributed by atoms with E-state index in [1.807, 2.05) is 36.4 Å². The summed E-state index contributed by atoms with van der Waals surface area (Å²) in [5.41, 5.74) is 0.764. The number of benzene rings is 2. The zero-order valence-electron chi connectivity index (χ0n) is 10.8. The summed E-state index contributed by atoms with van der Waals surface area (Å²) in [6.45, 7) is 0. The van der Waals surface area contributed by atoms with Gasteiger partial charge in [-0.05, 0) is 70.6 Å². The van der Waals surface area contributed by atoms with E-state index in [9.17, 15) is 4.79 Å². The molecule has 0 fully saturated rings. The Hall–Kier alpha value is -1.21. The summed E-state index contributed by atoms with van der Waals surface area (Å²) < 4.78 is 6.33. The molecule has 0 heterocycles. The first-order valence-electron chi connectivity index (χ1n) is 5.90. The van der Waals surface area contributed by atoms with E-state index >= 15 is 0 Å². The van der Waals surface area contributed by atoms with Crippen LogP contribution in [0, 0.1) is 3.57 Å². The highest BCUT2D eigenvalue weighted by Gasteiger charge is 2.10. The van der Waals surface area contributed by atoms with Crippen molar-refractivity contribution in [2.24, 2.45) is 0 Å². The van der Waals surface area contributed by atoms with E-state index in [1.165, 1.54) is 3.57 Å². The van der Waals surface area contributed by atoms with E-state index in [0.717, 1.165) is 15.4 Å². The highest BCUT2D eigenvalue weighted by atomic mass is 127. The molecular weight excluding hydrogens is 387 g/mol. The van der Waals surface area contributed by atoms with Crippen molar-refractivity contribution in [1.29, 1.82) is 0 Å². The monoisotopic (exact) mass is 400 g/mol. The Balaban J connectivity index is 2.29. The van der Waals surface area contributed by atoms with Gasteiger partial charge in [-0.1, -0.05) is 11.8 Å². The van der Waals surface area contributed by atoms with E-state index in [4.69, 9.17) is 9.84 Å². The van der Waals surface area contributed by atoms with Crippen LogP contribution in [0.4, 0.5) is 0 Å². The second kappa shape index (κ2) is 6.99. The van der Waals surface area contributed by atoms with Crippen LogP contribution >= 0.6 is 34.4 Å². The van der Waals surface area contributed by atoms with Gasteiger partial charge in [0.2, 0.25) is 0 Å². The van der Waals surface area contributed by atoms with Gasteiger partial charge in [-0.2, -0.15) is 0 Å². The molecule has 0 saturated carbocycles. The second-order valence-electron chi connectivity index (χ2n) is 4.10. The molecule has 0 unspecified atom stereocenters. The zero-order chi connectivity index (χ0) is 14.5. The summed E-state index contributed by atoms with van der Waals surface area (Å²) in [4.78, 5) is 13.0. The van der Waals surface area contributed by atoms with Crippen LogP contribution in [-0.2, 0) is 11.2 Å². The molecule has 0 aliphatic heterocycles. The molecule has 0 bridgehead atoms. The molecule has 2 rings (SSSR count). The van der Waals surface area contributed by atoms with Gasteiger partial charge < -0.3 is 9.84 Å². The predicted octanol–water partition coefficient (Wildman–Crippen LogP) is 4.08. The number of aliphatic carboxylic acids is 1. The summed E-state index contributed by atoms with van der Waals surface area (Å²) >= 11 is 3.82. The molecular formula is C15H13IO3S. The van der Waals surface area contributed by atoms with Crippen molar-refractivity contribution in [3.63, 3.8) is 0 Å². The van der Waals surface area contributed by atoms with Crippen LogP contribution in [0.2, 0.25) is 0 Å². The zero-order valence-corrected chi connectivity index (χ0v) is 13.8. The summed E-state index contributed by atoms with van der Waals surface area (Å²) in [5, 5.41) is 9.01. The van der Waals surface area contributed by atoms with E-state index in [2.05, 4.69) is 22.6 Å². The molecule has 0 amide bonds. The van der Waals surface area contributed by atoms with Gasteiger partial charge in [-0.3, -0.25) is 4.79 Å². The third-order valence-corrected chi connectivity index (χ3v) is 4.50. The lowest BCUT2D eigenvalue weighted by Crippen LogP contribution is -2.02.